The Kier molecular flexibility index (Phi) is 8.15. The molecule has 0 N–H and O–H groups in total. The monoisotopic (exact) mass is 589 g/mol. The maximum absolute atomic E-state index is 13.5. The molecule has 0 amide bonds. The van der Waals surface area contributed by atoms with E-state index in [9.17, 15) is 4.79 Å². The smallest absolute Gasteiger partial charge is 0.291 e. The number of rotatable bonds is 11. The van der Waals surface area contributed by atoms with E-state index in [-0.39, 0.29) is 5.56 Å². The summed E-state index contributed by atoms with van der Waals surface area (Å²) in [5, 5.41) is 9.45. The molecule has 6 rings (SSSR count). The van der Waals surface area contributed by atoms with Gasteiger partial charge in [-0.2, -0.15) is 14.6 Å². The summed E-state index contributed by atoms with van der Waals surface area (Å²) < 4.78 is 15.3. The van der Waals surface area contributed by atoms with Crippen LogP contribution in [0.25, 0.3) is 39.4 Å². The van der Waals surface area contributed by atoms with Crippen molar-refractivity contribution < 1.29 is 9.47 Å². The molecule has 43 heavy (non-hydrogen) atoms. The molecule has 0 aliphatic heterocycles. The first-order valence-corrected chi connectivity index (χ1v) is 15.0. The number of para-hydroxylation sites is 1. The predicted octanol–water partition coefficient (Wildman–Crippen LogP) is 6.27. The summed E-state index contributed by atoms with van der Waals surface area (Å²) in [4.78, 5) is 18.7. The number of thiazole rings is 1. The number of nitrogens with zero attached hydrogens (tertiary/aromatic N) is 5. The van der Waals surface area contributed by atoms with E-state index < -0.39 is 0 Å². The summed E-state index contributed by atoms with van der Waals surface area (Å²) in [7, 11) is 0. The molecule has 0 saturated carbocycles. The molecule has 0 spiro atoms. The lowest BCUT2D eigenvalue weighted by molar-refractivity contribution is 0.309. The number of hydrogen-bond acceptors (Lipinski definition) is 7. The summed E-state index contributed by atoms with van der Waals surface area (Å²) in [6.07, 6.45) is 7.62. The number of benzene rings is 3. The Morgan fingerprint density at radius 3 is 2.49 bits per heavy atom. The molecule has 0 atom stereocenters. The molecule has 6 aromatic rings. The van der Waals surface area contributed by atoms with E-state index in [0.717, 1.165) is 58.0 Å². The summed E-state index contributed by atoms with van der Waals surface area (Å²) >= 11 is 1.30. The maximum atomic E-state index is 13.5. The van der Waals surface area contributed by atoms with Crippen molar-refractivity contribution in [1.29, 1.82) is 0 Å². The zero-order chi connectivity index (χ0) is 29.8. The minimum Gasteiger partial charge on any atom is -0.494 e. The Labute approximate surface area is 253 Å². The third-order valence-electron chi connectivity index (χ3n) is 6.92. The number of aryl methyl sites for hydroxylation is 1. The highest BCUT2D eigenvalue weighted by molar-refractivity contribution is 7.15. The molecule has 0 unspecified atom stereocenters. The van der Waals surface area contributed by atoms with Crippen molar-refractivity contribution in [3.63, 3.8) is 0 Å². The first-order chi connectivity index (χ1) is 21.0. The minimum absolute atomic E-state index is 0.221. The summed E-state index contributed by atoms with van der Waals surface area (Å²) in [6.45, 7) is 8.98. The highest BCUT2D eigenvalue weighted by atomic mass is 32.1. The Hall–Kier alpha value is -5.02. The molecule has 0 aliphatic carbocycles. The van der Waals surface area contributed by atoms with Crippen molar-refractivity contribution in [2.75, 3.05) is 13.2 Å². The molecule has 0 radical (unpaired) electrons. The van der Waals surface area contributed by atoms with Crippen LogP contribution >= 0.6 is 11.3 Å². The Morgan fingerprint density at radius 1 is 0.977 bits per heavy atom. The number of fused-ring (bicyclic) bond motifs is 1. The highest BCUT2D eigenvalue weighted by Crippen LogP contribution is 2.29. The van der Waals surface area contributed by atoms with Crippen molar-refractivity contribution in [3.05, 3.63) is 118 Å². The van der Waals surface area contributed by atoms with Crippen molar-refractivity contribution >= 4 is 22.4 Å². The summed E-state index contributed by atoms with van der Waals surface area (Å²) in [5.74, 6) is 2.10. The molecule has 8 nitrogen and oxygen atoms in total. The molecule has 216 valence electrons. The van der Waals surface area contributed by atoms with Crippen LogP contribution in [0, 0.1) is 6.92 Å². The molecule has 9 heteroatoms. The standard InChI is InChI=1S/C34H31N5O3S/c1-4-6-19-41-28-15-12-24(13-16-28)32-35-34-39(37-32)33(40)30(43-34)21-26-22-38(27-10-8-7-9-11-27)36-31(26)25-14-17-29(23(3)20-25)42-18-5-2/h5,7-17,20-22H,2,4,6,18-19H2,1,3H3. The Bertz CT molecular complexity index is 1990. The van der Waals surface area contributed by atoms with E-state index in [0.29, 0.717) is 28.5 Å². The quantitative estimate of drug-likeness (QED) is 0.131. The van der Waals surface area contributed by atoms with Crippen LogP contribution in [0.5, 0.6) is 11.5 Å². The van der Waals surface area contributed by atoms with Crippen LogP contribution in [0.4, 0.5) is 0 Å². The Balaban J connectivity index is 1.37. The number of aromatic nitrogens is 5. The first-order valence-electron chi connectivity index (χ1n) is 14.2. The van der Waals surface area contributed by atoms with E-state index in [2.05, 4.69) is 23.6 Å². The van der Waals surface area contributed by atoms with Gasteiger partial charge in [0.25, 0.3) is 5.56 Å². The topological polar surface area (TPSA) is 83.5 Å². The van der Waals surface area contributed by atoms with Gasteiger partial charge in [0.05, 0.1) is 16.8 Å². The van der Waals surface area contributed by atoms with Crippen LogP contribution in [-0.4, -0.2) is 37.6 Å². The molecular weight excluding hydrogens is 558 g/mol. The number of ether oxygens (including phenoxy) is 2. The van der Waals surface area contributed by atoms with E-state index in [1.807, 2.05) is 96.7 Å². The largest absolute Gasteiger partial charge is 0.494 e. The van der Waals surface area contributed by atoms with Gasteiger partial charge in [0, 0.05) is 22.9 Å². The van der Waals surface area contributed by atoms with Crippen molar-refractivity contribution in [2.24, 2.45) is 0 Å². The highest BCUT2D eigenvalue weighted by Gasteiger charge is 2.16. The average Bonchev–Trinajstić information content (AvgIpc) is 3.72. The van der Waals surface area contributed by atoms with E-state index in [4.69, 9.17) is 14.6 Å². The second kappa shape index (κ2) is 12.5. The van der Waals surface area contributed by atoms with E-state index in [1.54, 1.807) is 6.08 Å². The molecule has 3 aromatic carbocycles. The fourth-order valence-corrected chi connectivity index (χ4v) is 5.57. The van der Waals surface area contributed by atoms with Gasteiger partial charge >= 0.3 is 0 Å². The lowest BCUT2D eigenvalue weighted by atomic mass is 10.0. The van der Waals surface area contributed by atoms with Gasteiger partial charge in [-0.25, -0.2) is 4.68 Å². The summed E-state index contributed by atoms with van der Waals surface area (Å²) in [5.41, 5.74) is 4.98. The third-order valence-corrected chi connectivity index (χ3v) is 7.88. The maximum Gasteiger partial charge on any atom is 0.291 e. The van der Waals surface area contributed by atoms with Gasteiger partial charge in [0.2, 0.25) is 4.96 Å². The lowest BCUT2D eigenvalue weighted by Crippen LogP contribution is -2.23. The molecule has 3 heterocycles. The SMILES string of the molecule is C=CCOc1ccc(-c2nn(-c3ccccc3)cc2C=c2sc3nc(-c4ccc(OCCCC)cc4)nn3c2=O)cc1C. The molecule has 0 bridgehead atoms. The van der Waals surface area contributed by atoms with Crippen LogP contribution < -0.4 is 19.6 Å². The normalized spacial score (nSPS) is 11.7. The summed E-state index contributed by atoms with van der Waals surface area (Å²) in [6, 6.07) is 23.5. The van der Waals surface area contributed by atoms with Crippen LogP contribution in [-0.2, 0) is 0 Å². The van der Waals surface area contributed by atoms with Gasteiger partial charge in [-0.15, -0.1) is 5.10 Å². The van der Waals surface area contributed by atoms with Gasteiger partial charge in [-0.1, -0.05) is 55.5 Å². The van der Waals surface area contributed by atoms with Gasteiger partial charge < -0.3 is 9.47 Å². The van der Waals surface area contributed by atoms with Gasteiger partial charge in [0.15, 0.2) is 5.82 Å². The third kappa shape index (κ3) is 5.98. The van der Waals surface area contributed by atoms with Crippen molar-refractivity contribution in [2.45, 2.75) is 26.7 Å². The van der Waals surface area contributed by atoms with Crippen molar-refractivity contribution in [3.8, 4) is 39.8 Å². The molecule has 3 aromatic heterocycles. The average molecular weight is 590 g/mol. The van der Waals surface area contributed by atoms with E-state index >= 15 is 0 Å². The predicted molar refractivity (Wildman–Crippen MR) is 171 cm³/mol. The van der Waals surface area contributed by atoms with Gasteiger partial charge in [-0.3, -0.25) is 4.79 Å². The van der Waals surface area contributed by atoms with Crippen LogP contribution in [0.1, 0.15) is 30.9 Å². The van der Waals surface area contributed by atoms with Crippen LogP contribution in [0.15, 0.2) is 96.4 Å². The Morgan fingerprint density at radius 2 is 1.77 bits per heavy atom. The fraction of sp³-hybridized carbons (Fsp3) is 0.176. The van der Waals surface area contributed by atoms with E-state index in [1.165, 1.54) is 15.9 Å². The zero-order valence-corrected chi connectivity index (χ0v) is 24.9. The fourth-order valence-electron chi connectivity index (χ4n) is 4.67. The lowest BCUT2D eigenvalue weighted by Gasteiger charge is -2.08. The van der Waals surface area contributed by atoms with Crippen LogP contribution in [0.2, 0.25) is 0 Å². The second-order valence-electron chi connectivity index (χ2n) is 10.1. The first kappa shape index (κ1) is 28.1. The molecular formula is C34H31N5O3S. The molecule has 0 aliphatic rings. The van der Waals surface area contributed by atoms with Crippen LogP contribution in [0.3, 0.4) is 0 Å². The number of hydrogen-bond donors (Lipinski definition) is 0. The zero-order valence-electron chi connectivity index (χ0n) is 24.1. The van der Waals surface area contributed by atoms with Gasteiger partial charge in [-0.05, 0) is 79.6 Å². The minimum atomic E-state index is -0.221. The van der Waals surface area contributed by atoms with Gasteiger partial charge in [0.1, 0.15) is 23.8 Å². The van der Waals surface area contributed by atoms with Crippen molar-refractivity contribution in [1.82, 2.24) is 24.4 Å². The number of unbranched alkanes of at least 4 members (excludes halogenated alkanes) is 1. The second-order valence-corrected chi connectivity index (χ2v) is 11.1. The molecule has 0 saturated heterocycles. The molecule has 0 fully saturated rings.